The van der Waals surface area contributed by atoms with Gasteiger partial charge in [-0.05, 0) is 29.8 Å². The molecule has 2 aliphatic rings. The molecule has 8 heteroatoms. The minimum Gasteiger partial charge on any atom is -0.337 e. The first-order valence-corrected chi connectivity index (χ1v) is 11.7. The van der Waals surface area contributed by atoms with Gasteiger partial charge < -0.3 is 10.2 Å². The molecule has 0 radical (unpaired) electrons. The van der Waals surface area contributed by atoms with Gasteiger partial charge in [-0.2, -0.15) is 0 Å². The van der Waals surface area contributed by atoms with Crippen LogP contribution in [-0.4, -0.2) is 54.2 Å². The van der Waals surface area contributed by atoms with Crippen LogP contribution in [0.4, 0.5) is 5.69 Å². The Morgan fingerprint density at radius 3 is 2.54 bits per heavy atom. The number of amidine groups is 1. The number of rotatable bonds is 4. The van der Waals surface area contributed by atoms with Crippen molar-refractivity contribution in [3.8, 4) is 0 Å². The second kappa shape index (κ2) is 7.60. The number of aliphatic imine (C=N–C) groups is 1. The largest absolute Gasteiger partial charge is 0.337 e. The zero-order valence-corrected chi connectivity index (χ0v) is 17.0. The van der Waals surface area contributed by atoms with E-state index < -0.39 is 9.84 Å². The average Bonchev–Trinajstić information content (AvgIpc) is 3.15. The average molecular weight is 416 g/mol. The van der Waals surface area contributed by atoms with Gasteiger partial charge in [0.1, 0.15) is 0 Å². The molecule has 0 aromatic heterocycles. The van der Waals surface area contributed by atoms with Crippen LogP contribution in [-0.2, 0) is 16.4 Å². The SMILES string of the molecule is CN(Cc1ccccc1)C(=O)c1ccc(NC2=N[C@@H]3CS(=O)(=O)C[C@H]3S2)cc1. The number of nitrogens with zero attached hydrogens (tertiary/aromatic N) is 2. The number of thioether (sulfide) groups is 1. The third-order valence-corrected chi connectivity index (χ3v) is 7.95. The van der Waals surface area contributed by atoms with E-state index in [1.165, 1.54) is 11.8 Å². The molecule has 0 aliphatic carbocycles. The molecule has 1 fully saturated rings. The fourth-order valence-corrected chi connectivity index (χ4v) is 7.06. The van der Waals surface area contributed by atoms with Crippen LogP contribution in [0.25, 0.3) is 0 Å². The van der Waals surface area contributed by atoms with Crippen molar-refractivity contribution in [2.24, 2.45) is 4.99 Å². The highest BCUT2D eigenvalue weighted by Crippen LogP contribution is 2.34. The van der Waals surface area contributed by atoms with Crippen LogP contribution in [0.5, 0.6) is 0 Å². The van der Waals surface area contributed by atoms with Crippen LogP contribution in [0.3, 0.4) is 0 Å². The van der Waals surface area contributed by atoms with Crippen LogP contribution < -0.4 is 5.32 Å². The van der Waals surface area contributed by atoms with Crippen LogP contribution >= 0.6 is 11.8 Å². The first-order chi connectivity index (χ1) is 13.4. The Labute approximate surface area is 169 Å². The van der Waals surface area contributed by atoms with Crippen molar-refractivity contribution in [3.63, 3.8) is 0 Å². The fourth-order valence-electron chi connectivity index (χ4n) is 3.39. The lowest BCUT2D eigenvalue weighted by Gasteiger charge is -2.17. The van der Waals surface area contributed by atoms with Gasteiger partial charge in [-0.3, -0.25) is 9.79 Å². The molecule has 146 valence electrons. The van der Waals surface area contributed by atoms with Crippen LogP contribution in [0.15, 0.2) is 59.6 Å². The molecule has 0 saturated carbocycles. The summed E-state index contributed by atoms with van der Waals surface area (Å²) in [6.45, 7) is 0.554. The van der Waals surface area contributed by atoms with Gasteiger partial charge >= 0.3 is 0 Å². The topological polar surface area (TPSA) is 78.8 Å². The summed E-state index contributed by atoms with van der Waals surface area (Å²) in [6, 6.07) is 17.0. The number of hydrogen-bond acceptors (Lipinski definition) is 6. The number of nitrogens with one attached hydrogen (secondary N) is 1. The highest BCUT2D eigenvalue weighted by Gasteiger charge is 2.42. The molecule has 0 spiro atoms. The van der Waals surface area contributed by atoms with E-state index in [0.29, 0.717) is 12.1 Å². The standard InChI is InChI=1S/C20H21N3O3S2/c1-23(11-14-5-3-2-4-6-14)19(24)15-7-9-16(10-8-15)21-20-22-17-12-28(25,26)13-18(17)27-20/h2-10,17-18H,11-13H2,1H3,(H,21,22)/t17-,18-/m1/s1. The molecule has 4 rings (SSSR count). The van der Waals surface area contributed by atoms with Crippen LogP contribution in [0, 0.1) is 0 Å². The minimum absolute atomic E-state index is 0.0139. The van der Waals surface area contributed by atoms with E-state index in [0.717, 1.165) is 16.4 Å². The Morgan fingerprint density at radius 2 is 1.86 bits per heavy atom. The molecule has 2 aromatic carbocycles. The van der Waals surface area contributed by atoms with Gasteiger partial charge in [0.05, 0.1) is 17.5 Å². The van der Waals surface area contributed by atoms with Crippen molar-refractivity contribution in [1.29, 1.82) is 0 Å². The van der Waals surface area contributed by atoms with E-state index >= 15 is 0 Å². The van der Waals surface area contributed by atoms with Crippen molar-refractivity contribution in [3.05, 3.63) is 65.7 Å². The Bertz CT molecular complexity index is 1000. The number of fused-ring (bicyclic) bond motifs is 1. The maximum absolute atomic E-state index is 12.6. The molecule has 0 bridgehead atoms. The molecule has 1 saturated heterocycles. The monoisotopic (exact) mass is 415 g/mol. The minimum atomic E-state index is -2.95. The summed E-state index contributed by atoms with van der Waals surface area (Å²) in [5, 5.41) is 3.98. The lowest BCUT2D eigenvalue weighted by atomic mass is 10.1. The van der Waals surface area contributed by atoms with E-state index in [4.69, 9.17) is 0 Å². The molecule has 2 heterocycles. The second-order valence-corrected chi connectivity index (χ2v) is 10.5. The van der Waals surface area contributed by atoms with Crippen LogP contribution in [0.2, 0.25) is 0 Å². The molecule has 2 aromatic rings. The van der Waals surface area contributed by atoms with Crippen molar-refractivity contribution >= 4 is 38.4 Å². The molecule has 2 atom stereocenters. The number of amides is 1. The van der Waals surface area contributed by atoms with Crippen molar-refractivity contribution in [2.75, 3.05) is 23.9 Å². The van der Waals surface area contributed by atoms with Gasteiger partial charge in [0.25, 0.3) is 5.91 Å². The van der Waals surface area contributed by atoms with E-state index in [9.17, 15) is 13.2 Å². The molecular formula is C20H21N3O3S2. The maximum atomic E-state index is 12.6. The van der Waals surface area contributed by atoms with Crippen molar-refractivity contribution in [1.82, 2.24) is 4.90 Å². The summed E-state index contributed by atoms with van der Waals surface area (Å²) in [7, 11) is -1.16. The molecule has 6 nitrogen and oxygen atoms in total. The number of hydrogen-bond donors (Lipinski definition) is 1. The van der Waals surface area contributed by atoms with Gasteiger partial charge in [0.2, 0.25) is 0 Å². The Hall–Kier alpha value is -2.32. The van der Waals surface area contributed by atoms with Gasteiger partial charge in [0.15, 0.2) is 15.0 Å². The zero-order valence-electron chi connectivity index (χ0n) is 15.4. The summed E-state index contributed by atoms with van der Waals surface area (Å²) < 4.78 is 23.3. The first kappa shape index (κ1) is 19.0. The van der Waals surface area contributed by atoms with Gasteiger partial charge in [-0.1, -0.05) is 42.1 Å². The van der Waals surface area contributed by atoms with E-state index in [2.05, 4.69) is 10.3 Å². The van der Waals surface area contributed by atoms with E-state index in [1.54, 1.807) is 24.1 Å². The third-order valence-electron chi connectivity index (χ3n) is 4.81. The smallest absolute Gasteiger partial charge is 0.253 e. The lowest BCUT2D eigenvalue weighted by molar-refractivity contribution is 0.0785. The number of benzene rings is 2. The molecule has 1 amide bonds. The predicted molar refractivity (Wildman–Crippen MR) is 114 cm³/mol. The van der Waals surface area contributed by atoms with Gasteiger partial charge in [-0.25, -0.2) is 8.42 Å². The normalized spacial score (nSPS) is 22.4. The Morgan fingerprint density at radius 1 is 1.14 bits per heavy atom. The molecule has 2 aliphatic heterocycles. The Balaban J connectivity index is 1.37. The maximum Gasteiger partial charge on any atom is 0.253 e. The summed E-state index contributed by atoms with van der Waals surface area (Å²) in [4.78, 5) is 18.8. The number of sulfone groups is 1. The molecule has 0 unspecified atom stereocenters. The molecule has 28 heavy (non-hydrogen) atoms. The number of carbonyl (C=O) groups excluding carboxylic acids is 1. The summed E-state index contributed by atoms with van der Waals surface area (Å²) in [6.07, 6.45) is 0. The van der Waals surface area contributed by atoms with Crippen molar-refractivity contribution < 1.29 is 13.2 Å². The summed E-state index contributed by atoms with van der Waals surface area (Å²) >= 11 is 1.48. The lowest BCUT2D eigenvalue weighted by Crippen LogP contribution is -2.26. The fraction of sp³-hybridized carbons (Fsp3) is 0.300. The quantitative estimate of drug-likeness (QED) is 0.831. The highest BCUT2D eigenvalue weighted by atomic mass is 32.2. The zero-order chi connectivity index (χ0) is 19.7. The Kier molecular flexibility index (Phi) is 5.16. The van der Waals surface area contributed by atoms with Crippen molar-refractivity contribution in [2.45, 2.75) is 17.8 Å². The van der Waals surface area contributed by atoms with Gasteiger partial charge in [-0.15, -0.1) is 0 Å². The van der Waals surface area contributed by atoms with E-state index in [-0.39, 0.29) is 28.7 Å². The summed E-state index contributed by atoms with van der Waals surface area (Å²) in [5.41, 5.74) is 2.53. The molecule has 1 N–H and O–H groups in total. The molecular weight excluding hydrogens is 394 g/mol. The number of carbonyl (C=O) groups is 1. The first-order valence-electron chi connectivity index (χ1n) is 9.01. The third kappa shape index (κ3) is 4.23. The van der Waals surface area contributed by atoms with E-state index in [1.807, 2.05) is 42.5 Å². The number of anilines is 1. The second-order valence-electron chi connectivity index (χ2n) is 7.08. The summed E-state index contributed by atoms with van der Waals surface area (Å²) in [5.74, 6) is 0.289. The predicted octanol–water partition coefficient (Wildman–Crippen LogP) is 2.64. The highest BCUT2D eigenvalue weighted by molar-refractivity contribution is 8.15. The van der Waals surface area contributed by atoms with Crippen LogP contribution in [0.1, 0.15) is 15.9 Å². The van der Waals surface area contributed by atoms with Gasteiger partial charge in [0, 0.05) is 30.1 Å².